The summed E-state index contributed by atoms with van der Waals surface area (Å²) < 4.78 is 24.7. The molecule has 0 aliphatic heterocycles. The van der Waals surface area contributed by atoms with E-state index >= 15 is 0 Å². The second-order valence-electron chi connectivity index (χ2n) is 5.96. The van der Waals surface area contributed by atoms with Gasteiger partial charge in [0.25, 0.3) is 5.22 Å². The summed E-state index contributed by atoms with van der Waals surface area (Å²) in [6.07, 6.45) is 0. The monoisotopic (exact) mass is 401 g/mol. The lowest BCUT2D eigenvalue weighted by molar-refractivity contribution is -0.127. The van der Waals surface area contributed by atoms with Crippen LogP contribution in [0.1, 0.15) is 12.5 Å². The Hall–Kier alpha value is -2.87. The minimum Gasteiger partial charge on any atom is -0.494 e. The molecular weight excluding hydrogens is 381 g/mol. The van der Waals surface area contributed by atoms with Gasteiger partial charge in [0.1, 0.15) is 11.6 Å². The van der Waals surface area contributed by atoms with Gasteiger partial charge in [-0.1, -0.05) is 30.0 Å². The van der Waals surface area contributed by atoms with Crippen LogP contribution in [-0.2, 0) is 11.3 Å². The Balaban J connectivity index is 1.55. The zero-order valence-corrected chi connectivity index (χ0v) is 16.4. The first-order valence-electron chi connectivity index (χ1n) is 8.73. The Labute approximate surface area is 166 Å². The third kappa shape index (κ3) is 5.10. The SMILES string of the molecule is CCOc1ccc(-c2nnc(SCC(=O)N(C)Cc3ccccc3F)o2)cc1. The van der Waals surface area contributed by atoms with Crippen molar-refractivity contribution in [2.75, 3.05) is 19.4 Å². The predicted molar refractivity (Wildman–Crippen MR) is 105 cm³/mol. The first-order valence-corrected chi connectivity index (χ1v) is 9.72. The summed E-state index contributed by atoms with van der Waals surface area (Å²) >= 11 is 1.15. The second kappa shape index (κ2) is 9.36. The molecule has 1 heterocycles. The number of nitrogens with zero attached hydrogens (tertiary/aromatic N) is 3. The molecule has 0 N–H and O–H groups in total. The molecule has 8 heteroatoms. The van der Waals surface area contributed by atoms with Crippen LogP contribution in [0.2, 0.25) is 0 Å². The number of thioether (sulfide) groups is 1. The molecule has 2 aromatic carbocycles. The molecule has 0 saturated carbocycles. The number of ether oxygens (including phenoxy) is 1. The lowest BCUT2D eigenvalue weighted by Gasteiger charge is -2.16. The molecule has 0 aliphatic rings. The van der Waals surface area contributed by atoms with Gasteiger partial charge in [0, 0.05) is 24.7 Å². The smallest absolute Gasteiger partial charge is 0.277 e. The number of aromatic nitrogens is 2. The summed E-state index contributed by atoms with van der Waals surface area (Å²) in [6, 6.07) is 13.7. The van der Waals surface area contributed by atoms with Crippen LogP contribution in [-0.4, -0.2) is 40.4 Å². The van der Waals surface area contributed by atoms with E-state index in [9.17, 15) is 9.18 Å². The summed E-state index contributed by atoms with van der Waals surface area (Å²) in [7, 11) is 1.63. The molecule has 0 unspecified atom stereocenters. The molecule has 1 aromatic heterocycles. The third-order valence-electron chi connectivity index (χ3n) is 3.93. The minimum absolute atomic E-state index is 0.121. The Morgan fingerprint density at radius 1 is 1.18 bits per heavy atom. The van der Waals surface area contributed by atoms with E-state index < -0.39 is 0 Å². The van der Waals surface area contributed by atoms with Crippen molar-refractivity contribution in [1.82, 2.24) is 15.1 Å². The number of hydrogen-bond acceptors (Lipinski definition) is 6. The van der Waals surface area contributed by atoms with Crippen LogP contribution < -0.4 is 4.74 Å². The lowest BCUT2D eigenvalue weighted by atomic mass is 10.2. The van der Waals surface area contributed by atoms with Gasteiger partial charge in [-0.15, -0.1) is 10.2 Å². The van der Waals surface area contributed by atoms with Crippen molar-refractivity contribution in [3.05, 3.63) is 59.9 Å². The number of carbonyl (C=O) groups excluding carboxylic acids is 1. The maximum atomic E-state index is 13.7. The van der Waals surface area contributed by atoms with Crippen molar-refractivity contribution in [3.63, 3.8) is 0 Å². The van der Waals surface area contributed by atoms with Crippen LogP contribution in [0.3, 0.4) is 0 Å². The van der Waals surface area contributed by atoms with Crippen LogP contribution in [0.15, 0.2) is 58.2 Å². The van der Waals surface area contributed by atoms with Gasteiger partial charge in [0.15, 0.2) is 0 Å². The predicted octanol–water partition coefficient (Wildman–Crippen LogP) is 4.03. The summed E-state index contributed by atoms with van der Waals surface area (Å²) in [5, 5.41) is 8.28. The maximum Gasteiger partial charge on any atom is 0.277 e. The standard InChI is InChI=1S/C20H20FN3O3S/c1-3-26-16-10-8-14(9-11-16)19-22-23-20(27-19)28-13-18(25)24(2)12-15-6-4-5-7-17(15)21/h4-11H,3,12-13H2,1-2H3. The van der Waals surface area contributed by atoms with Crippen LogP contribution >= 0.6 is 11.8 Å². The molecule has 0 saturated heterocycles. The van der Waals surface area contributed by atoms with E-state index in [1.807, 2.05) is 31.2 Å². The van der Waals surface area contributed by atoms with E-state index in [4.69, 9.17) is 9.15 Å². The van der Waals surface area contributed by atoms with E-state index in [-0.39, 0.29) is 24.0 Å². The van der Waals surface area contributed by atoms with E-state index in [1.54, 1.807) is 25.2 Å². The van der Waals surface area contributed by atoms with Gasteiger partial charge in [-0.05, 0) is 37.3 Å². The highest BCUT2D eigenvalue weighted by molar-refractivity contribution is 7.99. The Bertz CT molecular complexity index is 930. The molecule has 3 aromatic rings. The van der Waals surface area contributed by atoms with Crippen molar-refractivity contribution < 1.29 is 18.3 Å². The van der Waals surface area contributed by atoms with Crippen molar-refractivity contribution in [2.24, 2.45) is 0 Å². The van der Waals surface area contributed by atoms with E-state index in [0.29, 0.717) is 23.3 Å². The van der Waals surface area contributed by atoms with Gasteiger partial charge in [-0.3, -0.25) is 4.79 Å². The number of carbonyl (C=O) groups is 1. The number of benzene rings is 2. The molecule has 0 aliphatic carbocycles. The van der Waals surface area contributed by atoms with Crippen molar-refractivity contribution in [3.8, 4) is 17.2 Å². The molecule has 146 valence electrons. The molecule has 28 heavy (non-hydrogen) atoms. The zero-order valence-electron chi connectivity index (χ0n) is 15.6. The fraction of sp³-hybridized carbons (Fsp3) is 0.250. The summed E-state index contributed by atoms with van der Waals surface area (Å²) in [6.45, 7) is 2.72. The third-order valence-corrected chi connectivity index (χ3v) is 4.73. The lowest BCUT2D eigenvalue weighted by Crippen LogP contribution is -2.28. The molecule has 0 spiro atoms. The molecule has 0 fully saturated rings. The molecule has 0 bridgehead atoms. The Kier molecular flexibility index (Phi) is 6.65. The van der Waals surface area contributed by atoms with Crippen LogP contribution in [0.4, 0.5) is 4.39 Å². The number of amides is 1. The van der Waals surface area contributed by atoms with E-state index in [0.717, 1.165) is 23.1 Å². The van der Waals surface area contributed by atoms with Gasteiger partial charge < -0.3 is 14.1 Å². The van der Waals surface area contributed by atoms with Crippen molar-refractivity contribution >= 4 is 17.7 Å². The van der Waals surface area contributed by atoms with E-state index in [2.05, 4.69) is 10.2 Å². The van der Waals surface area contributed by atoms with Crippen LogP contribution in [0.25, 0.3) is 11.5 Å². The van der Waals surface area contributed by atoms with Crippen LogP contribution in [0.5, 0.6) is 5.75 Å². The molecule has 0 radical (unpaired) electrons. The van der Waals surface area contributed by atoms with Crippen molar-refractivity contribution in [2.45, 2.75) is 18.7 Å². The molecule has 6 nitrogen and oxygen atoms in total. The summed E-state index contributed by atoms with van der Waals surface area (Å²) in [5.41, 5.74) is 1.24. The number of hydrogen-bond donors (Lipinski definition) is 0. The van der Waals surface area contributed by atoms with Gasteiger partial charge in [0.05, 0.1) is 12.4 Å². The maximum absolute atomic E-state index is 13.7. The quantitative estimate of drug-likeness (QED) is 0.531. The molecule has 0 atom stereocenters. The largest absolute Gasteiger partial charge is 0.494 e. The van der Waals surface area contributed by atoms with Gasteiger partial charge in [-0.2, -0.15) is 0 Å². The van der Waals surface area contributed by atoms with E-state index in [1.165, 1.54) is 11.0 Å². The first kappa shape index (κ1) is 19.9. The summed E-state index contributed by atoms with van der Waals surface area (Å²) in [4.78, 5) is 13.8. The fourth-order valence-electron chi connectivity index (χ4n) is 2.45. The highest BCUT2D eigenvalue weighted by atomic mass is 32.2. The first-order chi connectivity index (χ1) is 13.6. The van der Waals surface area contributed by atoms with Crippen LogP contribution in [0, 0.1) is 5.82 Å². The number of halogens is 1. The highest BCUT2D eigenvalue weighted by Gasteiger charge is 2.15. The molecule has 1 amide bonds. The normalized spacial score (nSPS) is 10.7. The zero-order chi connectivity index (χ0) is 19.9. The minimum atomic E-state index is -0.327. The highest BCUT2D eigenvalue weighted by Crippen LogP contribution is 2.25. The Morgan fingerprint density at radius 3 is 2.64 bits per heavy atom. The second-order valence-corrected chi connectivity index (χ2v) is 6.89. The Morgan fingerprint density at radius 2 is 1.93 bits per heavy atom. The van der Waals surface area contributed by atoms with Gasteiger partial charge >= 0.3 is 0 Å². The van der Waals surface area contributed by atoms with Crippen molar-refractivity contribution in [1.29, 1.82) is 0 Å². The molecule has 3 rings (SSSR count). The average Bonchev–Trinajstić information content (AvgIpc) is 3.17. The van der Waals surface area contributed by atoms with Gasteiger partial charge in [-0.25, -0.2) is 4.39 Å². The topological polar surface area (TPSA) is 68.5 Å². The summed E-state index contributed by atoms with van der Waals surface area (Å²) in [5.74, 6) is 0.776. The average molecular weight is 401 g/mol. The fourth-order valence-corrected chi connectivity index (χ4v) is 3.15. The van der Waals surface area contributed by atoms with Gasteiger partial charge in [0.2, 0.25) is 11.8 Å². The number of rotatable bonds is 8. The molecular formula is C20H20FN3O3S.